The van der Waals surface area contributed by atoms with Crippen molar-refractivity contribution in [2.75, 3.05) is 13.1 Å². The van der Waals surface area contributed by atoms with Crippen molar-refractivity contribution < 1.29 is 23.5 Å². The standard InChI is InChI=1S/C16H15FN2O4/c1-10-11(4-5-12(18-10)13-3-2-8-23-13)14(20)19-7-6-16(17,9-19)15(21)22/h2-5,8H,6-7,9H2,1H3,(H,21,22). The van der Waals surface area contributed by atoms with Crippen LogP contribution < -0.4 is 0 Å². The molecule has 1 saturated heterocycles. The Morgan fingerprint density at radius 3 is 2.74 bits per heavy atom. The van der Waals surface area contributed by atoms with Gasteiger partial charge in [-0.25, -0.2) is 14.2 Å². The van der Waals surface area contributed by atoms with Gasteiger partial charge in [0, 0.05) is 13.0 Å². The molecule has 7 heteroatoms. The number of halogens is 1. The zero-order valence-electron chi connectivity index (χ0n) is 12.5. The summed E-state index contributed by atoms with van der Waals surface area (Å²) < 4.78 is 19.3. The number of aryl methyl sites for hydroxylation is 1. The molecule has 1 unspecified atom stereocenters. The number of rotatable bonds is 3. The van der Waals surface area contributed by atoms with Crippen LogP contribution in [0.2, 0.25) is 0 Å². The first-order valence-corrected chi connectivity index (χ1v) is 7.14. The average Bonchev–Trinajstić information content (AvgIpc) is 3.16. The summed E-state index contributed by atoms with van der Waals surface area (Å²) in [5.74, 6) is -1.36. The molecule has 1 fully saturated rings. The second-order valence-electron chi connectivity index (χ2n) is 5.55. The van der Waals surface area contributed by atoms with E-state index in [1.165, 1.54) is 11.2 Å². The van der Waals surface area contributed by atoms with Crippen molar-refractivity contribution in [2.24, 2.45) is 0 Å². The third-order valence-electron chi connectivity index (χ3n) is 3.98. The molecule has 0 aromatic carbocycles. The molecule has 3 heterocycles. The van der Waals surface area contributed by atoms with Crippen LogP contribution in [0.1, 0.15) is 22.5 Å². The molecular weight excluding hydrogens is 303 g/mol. The van der Waals surface area contributed by atoms with Gasteiger partial charge in [-0.05, 0) is 31.2 Å². The van der Waals surface area contributed by atoms with Crippen LogP contribution in [-0.2, 0) is 4.79 Å². The third-order valence-corrected chi connectivity index (χ3v) is 3.98. The Bertz CT molecular complexity index is 759. The topological polar surface area (TPSA) is 83.6 Å². The maximum Gasteiger partial charge on any atom is 0.343 e. The van der Waals surface area contributed by atoms with Gasteiger partial charge in [-0.2, -0.15) is 0 Å². The molecule has 1 amide bonds. The third kappa shape index (κ3) is 2.69. The monoisotopic (exact) mass is 318 g/mol. The molecular formula is C16H15FN2O4. The van der Waals surface area contributed by atoms with Crippen LogP contribution in [0.25, 0.3) is 11.5 Å². The molecule has 2 aromatic heterocycles. The number of carbonyl (C=O) groups excluding carboxylic acids is 1. The largest absolute Gasteiger partial charge is 0.479 e. The van der Waals surface area contributed by atoms with Crippen LogP contribution in [0.3, 0.4) is 0 Å². The minimum atomic E-state index is -2.37. The number of nitrogens with zero attached hydrogens (tertiary/aromatic N) is 2. The molecule has 1 atom stereocenters. The highest BCUT2D eigenvalue weighted by Crippen LogP contribution is 2.28. The Hall–Kier alpha value is -2.70. The number of likely N-dealkylation sites (tertiary alicyclic amines) is 1. The van der Waals surface area contributed by atoms with Gasteiger partial charge in [-0.1, -0.05) is 0 Å². The van der Waals surface area contributed by atoms with Crippen LogP contribution in [-0.4, -0.2) is 45.6 Å². The summed E-state index contributed by atoms with van der Waals surface area (Å²) in [5, 5.41) is 8.90. The molecule has 3 rings (SSSR count). The molecule has 0 aliphatic carbocycles. The van der Waals surface area contributed by atoms with Crippen molar-refractivity contribution in [3.63, 3.8) is 0 Å². The lowest BCUT2D eigenvalue weighted by molar-refractivity contribution is -0.149. The molecule has 0 bridgehead atoms. The fraction of sp³-hybridized carbons (Fsp3) is 0.312. The van der Waals surface area contributed by atoms with E-state index in [1.807, 2.05) is 0 Å². The number of pyridine rings is 1. The molecule has 1 aliphatic heterocycles. The molecule has 0 saturated carbocycles. The smallest absolute Gasteiger partial charge is 0.343 e. The summed E-state index contributed by atoms with van der Waals surface area (Å²) in [4.78, 5) is 29.0. The maximum atomic E-state index is 14.1. The number of carbonyl (C=O) groups is 2. The molecule has 0 radical (unpaired) electrons. The van der Waals surface area contributed by atoms with E-state index < -0.39 is 24.1 Å². The van der Waals surface area contributed by atoms with E-state index in [4.69, 9.17) is 9.52 Å². The van der Waals surface area contributed by atoms with Gasteiger partial charge < -0.3 is 14.4 Å². The molecule has 23 heavy (non-hydrogen) atoms. The molecule has 2 aromatic rings. The van der Waals surface area contributed by atoms with Crippen LogP contribution in [0, 0.1) is 6.92 Å². The minimum absolute atomic E-state index is 0.0704. The van der Waals surface area contributed by atoms with Crippen molar-refractivity contribution in [1.82, 2.24) is 9.88 Å². The lowest BCUT2D eigenvalue weighted by Crippen LogP contribution is -2.39. The van der Waals surface area contributed by atoms with Gasteiger partial charge in [-0.3, -0.25) is 4.79 Å². The highest BCUT2D eigenvalue weighted by Gasteiger charge is 2.47. The summed E-state index contributed by atoms with van der Waals surface area (Å²) >= 11 is 0. The Morgan fingerprint density at radius 1 is 1.39 bits per heavy atom. The Labute approximate surface area is 131 Å². The first-order valence-electron chi connectivity index (χ1n) is 7.14. The first kappa shape index (κ1) is 15.2. The van der Waals surface area contributed by atoms with E-state index in [1.54, 1.807) is 31.2 Å². The summed E-state index contributed by atoms with van der Waals surface area (Å²) in [6.07, 6.45) is 1.33. The fourth-order valence-corrected chi connectivity index (χ4v) is 2.64. The number of furan rings is 1. The molecule has 6 nitrogen and oxygen atoms in total. The van der Waals surface area contributed by atoms with Crippen molar-refractivity contribution in [2.45, 2.75) is 19.0 Å². The van der Waals surface area contributed by atoms with Gasteiger partial charge in [0.05, 0.1) is 24.1 Å². The van der Waals surface area contributed by atoms with E-state index in [0.29, 0.717) is 22.7 Å². The predicted octanol–water partition coefficient (Wildman–Crippen LogP) is 2.29. The van der Waals surface area contributed by atoms with E-state index >= 15 is 0 Å². The molecule has 1 aliphatic rings. The zero-order valence-corrected chi connectivity index (χ0v) is 12.5. The SMILES string of the molecule is Cc1nc(-c2ccco2)ccc1C(=O)N1CCC(F)(C(=O)O)C1. The number of carboxylic acid groups (broad SMARTS) is 1. The van der Waals surface area contributed by atoms with Crippen LogP contribution in [0.15, 0.2) is 34.9 Å². The highest BCUT2D eigenvalue weighted by molar-refractivity contribution is 5.96. The van der Waals surface area contributed by atoms with Gasteiger partial charge in [0.15, 0.2) is 5.76 Å². The number of hydrogen-bond acceptors (Lipinski definition) is 4. The lowest BCUT2D eigenvalue weighted by atomic mass is 10.1. The number of aliphatic carboxylic acids is 1. The fourth-order valence-electron chi connectivity index (χ4n) is 2.64. The number of hydrogen-bond donors (Lipinski definition) is 1. The van der Waals surface area contributed by atoms with Gasteiger partial charge in [0.2, 0.25) is 5.67 Å². The quantitative estimate of drug-likeness (QED) is 0.938. The first-order chi connectivity index (χ1) is 10.9. The number of aromatic nitrogens is 1. The lowest BCUT2D eigenvalue weighted by Gasteiger charge is -2.18. The summed E-state index contributed by atoms with van der Waals surface area (Å²) in [5.41, 5.74) is -0.966. The zero-order chi connectivity index (χ0) is 16.6. The molecule has 120 valence electrons. The van der Waals surface area contributed by atoms with Crippen LogP contribution in [0.5, 0.6) is 0 Å². The van der Waals surface area contributed by atoms with E-state index in [2.05, 4.69) is 4.98 Å². The predicted molar refractivity (Wildman–Crippen MR) is 78.7 cm³/mol. The van der Waals surface area contributed by atoms with Crippen molar-refractivity contribution >= 4 is 11.9 Å². The molecule has 0 spiro atoms. The summed E-state index contributed by atoms with van der Waals surface area (Å²) in [7, 11) is 0. The normalized spacial score (nSPS) is 20.7. The second kappa shape index (κ2) is 5.49. The van der Waals surface area contributed by atoms with Gasteiger partial charge in [0.25, 0.3) is 5.91 Å². The van der Waals surface area contributed by atoms with Gasteiger partial charge in [-0.15, -0.1) is 0 Å². The number of amides is 1. The Balaban J connectivity index is 1.82. The number of alkyl halides is 1. The van der Waals surface area contributed by atoms with E-state index in [9.17, 15) is 14.0 Å². The Kier molecular flexibility index (Phi) is 3.63. The van der Waals surface area contributed by atoms with Gasteiger partial charge in [0.1, 0.15) is 5.69 Å². The van der Waals surface area contributed by atoms with Crippen LogP contribution in [0.4, 0.5) is 4.39 Å². The average molecular weight is 318 g/mol. The van der Waals surface area contributed by atoms with Gasteiger partial charge >= 0.3 is 5.97 Å². The van der Waals surface area contributed by atoms with Crippen molar-refractivity contribution in [1.29, 1.82) is 0 Å². The number of carboxylic acids is 1. The summed E-state index contributed by atoms with van der Waals surface area (Å²) in [6, 6.07) is 6.74. The minimum Gasteiger partial charge on any atom is -0.479 e. The van der Waals surface area contributed by atoms with E-state index in [-0.39, 0.29) is 13.0 Å². The van der Waals surface area contributed by atoms with Crippen LogP contribution >= 0.6 is 0 Å². The summed E-state index contributed by atoms with van der Waals surface area (Å²) in [6.45, 7) is 1.30. The Morgan fingerprint density at radius 2 is 2.17 bits per heavy atom. The highest BCUT2D eigenvalue weighted by atomic mass is 19.1. The molecule has 1 N–H and O–H groups in total. The maximum absolute atomic E-state index is 14.1. The second-order valence-corrected chi connectivity index (χ2v) is 5.55. The van der Waals surface area contributed by atoms with Crippen molar-refractivity contribution in [3.05, 3.63) is 41.8 Å². The van der Waals surface area contributed by atoms with Crippen molar-refractivity contribution in [3.8, 4) is 11.5 Å². The van der Waals surface area contributed by atoms with E-state index in [0.717, 1.165) is 0 Å².